The van der Waals surface area contributed by atoms with Crippen LogP contribution in [-0.4, -0.2) is 36.5 Å². The van der Waals surface area contributed by atoms with Gasteiger partial charge in [0.05, 0.1) is 0 Å². The molecule has 1 atom stereocenters. The SMILES string of the molecule is CC(CSC(C(C)C)C(C)C)CC(C)(C)CN(C)C. The van der Waals surface area contributed by atoms with Crippen molar-refractivity contribution in [3.05, 3.63) is 0 Å². The average molecular weight is 288 g/mol. The van der Waals surface area contributed by atoms with E-state index in [-0.39, 0.29) is 0 Å². The minimum Gasteiger partial charge on any atom is -0.309 e. The summed E-state index contributed by atoms with van der Waals surface area (Å²) in [4.78, 5) is 2.31. The Labute approximate surface area is 126 Å². The molecular formula is C17H37NS. The Bertz CT molecular complexity index is 225. The molecule has 1 unspecified atom stereocenters. The van der Waals surface area contributed by atoms with Crippen molar-refractivity contribution in [2.75, 3.05) is 26.4 Å². The van der Waals surface area contributed by atoms with Gasteiger partial charge in [-0.1, -0.05) is 48.5 Å². The minimum absolute atomic E-state index is 0.425. The molecule has 0 aromatic rings. The van der Waals surface area contributed by atoms with Crippen LogP contribution in [0.4, 0.5) is 0 Å². The Morgan fingerprint density at radius 2 is 1.42 bits per heavy atom. The molecule has 0 fully saturated rings. The van der Waals surface area contributed by atoms with E-state index in [1.807, 2.05) is 0 Å². The minimum atomic E-state index is 0.425. The smallest absolute Gasteiger partial charge is 0.00931 e. The Morgan fingerprint density at radius 1 is 0.947 bits per heavy atom. The van der Waals surface area contributed by atoms with Gasteiger partial charge in [-0.3, -0.25) is 0 Å². The van der Waals surface area contributed by atoms with Crippen LogP contribution < -0.4 is 0 Å². The van der Waals surface area contributed by atoms with E-state index >= 15 is 0 Å². The number of hydrogen-bond acceptors (Lipinski definition) is 2. The van der Waals surface area contributed by atoms with Crippen LogP contribution in [0.3, 0.4) is 0 Å². The third-order valence-electron chi connectivity index (χ3n) is 3.53. The third kappa shape index (κ3) is 8.96. The van der Waals surface area contributed by atoms with Crippen LogP contribution >= 0.6 is 11.8 Å². The van der Waals surface area contributed by atoms with Crippen LogP contribution in [-0.2, 0) is 0 Å². The van der Waals surface area contributed by atoms with E-state index in [0.717, 1.165) is 23.0 Å². The predicted molar refractivity (Wildman–Crippen MR) is 92.0 cm³/mol. The zero-order valence-electron chi connectivity index (χ0n) is 14.8. The second-order valence-corrected chi connectivity index (χ2v) is 9.21. The van der Waals surface area contributed by atoms with Gasteiger partial charge in [0.2, 0.25) is 0 Å². The largest absolute Gasteiger partial charge is 0.309 e. The Balaban J connectivity index is 4.20. The second-order valence-electron chi connectivity index (χ2n) is 8.00. The summed E-state index contributed by atoms with van der Waals surface area (Å²) in [6, 6.07) is 0. The van der Waals surface area contributed by atoms with Crippen molar-refractivity contribution in [2.24, 2.45) is 23.2 Å². The van der Waals surface area contributed by atoms with Crippen LogP contribution in [0.1, 0.15) is 54.9 Å². The lowest BCUT2D eigenvalue weighted by atomic mass is 9.83. The van der Waals surface area contributed by atoms with E-state index in [2.05, 4.69) is 79.2 Å². The fourth-order valence-electron chi connectivity index (χ4n) is 3.35. The fourth-order valence-corrected chi connectivity index (χ4v) is 4.79. The van der Waals surface area contributed by atoms with Gasteiger partial charge in [0.1, 0.15) is 0 Å². The maximum atomic E-state index is 2.42. The highest BCUT2D eigenvalue weighted by Crippen LogP contribution is 2.32. The van der Waals surface area contributed by atoms with Gasteiger partial charge in [-0.25, -0.2) is 0 Å². The van der Waals surface area contributed by atoms with Crippen LogP contribution in [0, 0.1) is 23.2 Å². The molecule has 1 nitrogen and oxygen atoms in total. The van der Waals surface area contributed by atoms with E-state index in [1.54, 1.807) is 0 Å². The zero-order valence-corrected chi connectivity index (χ0v) is 15.6. The number of thioether (sulfide) groups is 1. The Kier molecular flexibility index (Phi) is 8.70. The molecule has 0 bridgehead atoms. The quantitative estimate of drug-likeness (QED) is 0.586. The van der Waals surface area contributed by atoms with Crippen molar-refractivity contribution in [1.29, 1.82) is 0 Å². The number of rotatable bonds is 9. The molecular weight excluding hydrogens is 250 g/mol. The monoisotopic (exact) mass is 287 g/mol. The molecule has 0 saturated heterocycles. The van der Waals surface area contributed by atoms with Gasteiger partial charge in [-0.05, 0) is 49.4 Å². The molecule has 2 heteroatoms. The number of nitrogens with zero attached hydrogens (tertiary/aromatic N) is 1. The first-order valence-electron chi connectivity index (χ1n) is 7.81. The third-order valence-corrected chi connectivity index (χ3v) is 5.77. The summed E-state index contributed by atoms with van der Waals surface area (Å²) in [5.41, 5.74) is 0.425. The van der Waals surface area contributed by atoms with Gasteiger partial charge in [0, 0.05) is 11.8 Å². The standard InChI is InChI=1S/C17H37NS/c1-13(2)16(14(3)4)19-11-15(5)10-17(6,7)12-18(8)9/h13-16H,10-12H2,1-9H3. The normalized spacial score (nSPS) is 15.0. The molecule has 0 aliphatic heterocycles. The molecule has 0 rings (SSSR count). The summed E-state index contributed by atoms with van der Waals surface area (Å²) < 4.78 is 0. The van der Waals surface area contributed by atoms with Crippen molar-refractivity contribution in [2.45, 2.75) is 60.1 Å². The predicted octanol–water partition coefficient (Wildman–Crippen LogP) is 5.01. The highest BCUT2D eigenvalue weighted by Gasteiger charge is 2.24. The molecule has 0 aromatic carbocycles. The Hall–Kier alpha value is 0.310. The van der Waals surface area contributed by atoms with Gasteiger partial charge in [-0.15, -0.1) is 0 Å². The molecule has 0 radical (unpaired) electrons. The first-order valence-corrected chi connectivity index (χ1v) is 8.86. The summed E-state index contributed by atoms with van der Waals surface area (Å²) in [6.07, 6.45) is 1.32. The lowest BCUT2D eigenvalue weighted by Crippen LogP contribution is -2.30. The van der Waals surface area contributed by atoms with E-state index in [4.69, 9.17) is 0 Å². The van der Waals surface area contributed by atoms with Gasteiger partial charge in [0.15, 0.2) is 0 Å². The molecule has 116 valence electrons. The second kappa shape index (κ2) is 8.56. The van der Waals surface area contributed by atoms with E-state index in [0.29, 0.717) is 5.41 Å². The molecule has 0 aromatic heterocycles. The van der Waals surface area contributed by atoms with Crippen LogP contribution in [0.25, 0.3) is 0 Å². The highest BCUT2D eigenvalue weighted by molar-refractivity contribution is 7.99. The van der Waals surface area contributed by atoms with Crippen molar-refractivity contribution < 1.29 is 0 Å². The van der Waals surface area contributed by atoms with Crippen molar-refractivity contribution in [3.63, 3.8) is 0 Å². The van der Waals surface area contributed by atoms with E-state index in [9.17, 15) is 0 Å². The number of hydrogen-bond donors (Lipinski definition) is 0. The molecule has 0 aliphatic rings. The van der Waals surface area contributed by atoms with E-state index in [1.165, 1.54) is 18.7 Å². The molecule has 0 spiro atoms. The molecule has 19 heavy (non-hydrogen) atoms. The zero-order chi connectivity index (χ0) is 15.2. The van der Waals surface area contributed by atoms with E-state index < -0.39 is 0 Å². The van der Waals surface area contributed by atoms with Crippen molar-refractivity contribution >= 4 is 11.8 Å². The average Bonchev–Trinajstić information content (AvgIpc) is 2.12. The molecule has 0 saturated carbocycles. The van der Waals surface area contributed by atoms with Gasteiger partial charge in [0.25, 0.3) is 0 Å². The first kappa shape index (κ1) is 19.3. The highest BCUT2D eigenvalue weighted by atomic mass is 32.2. The fraction of sp³-hybridized carbons (Fsp3) is 1.00. The molecule has 0 N–H and O–H groups in total. The summed E-state index contributed by atoms with van der Waals surface area (Å²) in [5, 5.41) is 0.805. The topological polar surface area (TPSA) is 3.24 Å². The molecule has 0 amide bonds. The van der Waals surface area contributed by atoms with Crippen LogP contribution in [0.5, 0.6) is 0 Å². The van der Waals surface area contributed by atoms with Gasteiger partial charge < -0.3 is 4.90 Å². The molecule has 0 heterocycles. The summed E-state index contributed by atoms with van der Waals surface area (Å²) in [6.45, 7) is 17.8. The van der Waals surface area contributed by atoms with Crippen LogP contribution in [0.2, 0.25) is 0 Å². The lowest BCUT2D eigenvalue weighted by Gasteiger charge is -2.32. The van der Waals surface area contributed by atoms with Gasteiger partial charge in [-0.2, -0.15) is 11.8 Å². The summed E-state index contributed by atoms with van der Waals surface area (Å²) >= 11 is 2.19. The van der Waals surface area contributed by atoms with Crippen molar-refractivity contribution in [1.82, 2.24) is 4.90 Å². The molecule has 0 aliphatic carbocycles. The van der Waals surface area contributed by atoms with Crippen molar-refractivity contribution in [3.8, 4) is 0 Å². The first-order chi connectivity index (χ1) is 8.55. The summed E-state index contributed by atoms with van der Waals surface area (Å²) in [5.74, 6) is 3.68. The Morgan fingerprint density at radius 3 is 1.79 bits per heavy atom. The summed E-state index contributed by atoms with van der Waals surface area (Å²) in [7, 11) is 4.35. The maximum Gasteiger partial charge on any atom is 0.00931 e. The van der Waals surface area contributed by atoms with Gasteiger partial charge >= 0.3 is 0 Å². The van der Waals surface area contributed by atoms with Crippen LogP contribution in [0.15, 0.2) is 0 Å². The maximum absolute atomic E-state index is 2.42. The lowest BCUT2D eigenvalue weighted by molar-refractivity contribution is 0.204.